The Bertz CT molecular complexity index is 988. The molecule has 30 heavy (non-hydrogen) atoms. The minimum Gasteiger partial charge on any atom is -0.385 e. The number of nitrogens with zero attached hydrogens (tertiary/aromatic N) is 1. The number of hydrogen-bond donors (Lipinski definition) is 1. The van der Waals surface area contributed by atoms with Crippen LogP contribution in [0.15, 0.2) is 66.7 Å². The highest BCUT2D eigenvalue weighted by Crippen LogP contribution is 2.43. The maximum absolute atomic E-state index is 13.1. The number of rotatable bonds is 6. The number of aliphatic hydroxyl groups is 1. The molecule has 4 heteroatoms. The molecule has 0 aromatic heterocycles. The van der Waals surface area contributed by atoms with E-state index < -0.39 is 5.60 Å². The quantitative estimate of drug-likeness (QED) is 0.616. The smallest absolute Gasteiger partial charge is 0.123 e. The zero-order valence-corrected chi connectivity index (χ0v) is 17.7. The highest BCUT2D eigenvalue weighted by Gasteiger charge is 2.43. The molecule has 3 aromatic carbocycles. The van der Waals surface area contributed by atoms with E-state index in [-0.39, 0.29) is 17.8 Å². The Morgan fingerprint density at radius 1 is 1.03 bits per heavy atom. The summed E-state index contributed by atoms with van der Waals surface area (Å²) in [6.45, 7) is 1.26. The lowest BCUT2D eigenvalue weighted by Gasteiger charge is -2.44. The number of benzene rings is 3. The fraction of sp³-hybridized carbons (Fsp3) is 0.385. The Morgan fingerprint density at radius 3 is 2.50 bits per heavy atom. The van der Waals surface area contributed by atoms with Gasteiger partial charge in [-0.2, -0.15) is 0 Å². The van der Waals surface area contributed by atoms with Crippen LogP contribution in [-0.2, 0) is 16.9 Å². The molecule has 1 saturated carbocycles. The highest BCUT2D eigenvalue weighted by atomic mass is 19.1. The summed E-state index contributed by atoms with van der Waals surface area (Å²) in [5.74, 6) is -0.163. The lowest BCUT2D eigenvalue weighted by molar-refractivity contribution is -0.110. The van der Waals surface area contributed by atoms with Gasteiger partial charge in [0.25, 0.3) is 0 Å². The van der Waals surface area contributed by atoms with Crippen LogP contribution in [0.2, 0.25) is 0 Å². The molecule has 1 N–H and O–H groups in total. The average Bonchev–Trinajstić information content (AvgIpc) is 2.75. The van der Waals surface area contributed by atoms with E-state index in [4.69, 9.17) is 4.74 Å². The molecule has 1 aliphatic carbocycles. The van der Waals surface area contributed by atoms with Gasteiger partial charge in [-0.1, -0.05) is 48.5 Å². The fourth-order valence-corrected chi connectivity index (χ4v) is 4.67. The number of hydrogen-bond acceptors (Lipinski definition) is 3. The third-order valence-corrected chi connectivity index (χ3v) is 6.30. The van der Waals surface area contributed by atoms with Gasteiger partial charge in [-0.15, -0.1) is 0 Å². The van der Waals surface area contributed by atoms with Crippen LogP contribution in [0.1, 0.15) is 30.4 Å². The molecule has 3 nitrogen and oxygen atoms in total. The zero-order chi connectivity index (χ0) is 21.1. The van der Waals surface area contributed by atoms with Gasteiger partial charge >= 0.3 is 0 Å². The normalized spacial score (nSPS) is 24.4. The van der Waals surface area contributed by atoms with Crippen molar-refractivity contribution in [2.24, 2.45) is 5.92 Å². The van der Waals surface area contributed by atoms with Gasteiger partial charge < -0.3 is 14.7 Å². The third kappa shape index (κ3) is 4.56. The van der Waals surface area contributed by atoms with Crippen molar-refractivity contribution in [3.63, 3.8) is 0 Å². The maximum atomic E-state index is 13.1. The molecule has 3 aromatic rings. The molecule has 4 rings (SSSR count). The van der Waals surface area contributed by atoms with Gasteiger partial charge in [0.05, 0.1) is 18.3 Å². The van der Waals surface area contributed by atoms with Gasteiger partial charge in [-0.3, -0.25) is 0 Å². The molecule has 0 saturated heterocycles. The van der Waals surface area contributed by atoms with E-state index in [1.165, 1.54) is 17.5 Å². The van der Waals surface area contributed by atoms with Crippen LogP contribution in [0.4, 0.5) is 4.39 Å². The minimum atomic E-state index is -0.871. The largest absolute Gasteiger partial charge is 0.385 e. The lowest BCUT2D eigenvalue weighted by atomic mass is 9.70. The van der Waals surface area contributed by atoms with Crippen LogP contribution in [-0.4, -0.2) is 36.8 Å². The second-order valence-corrected chi connectivity index (χ2v) is 8.78. The molecule has 0 bridgehead atoms. The van der Waals surface area contributed by atoms with Gasteiger partial charge in [0.15, 0.2) is 0 Å². The van der Waals surface area contributed by atoms with E-state index in [0.717, 1.165) is 35.9 Å². The minimum absolute atomic E-state index is 0.0700. The number of ether oxygens (including phenoxy) is 1. The summed E-state index contributed by atoms with van der Waals surface area (Å²) < 4.78 is 19.3. The van der Waals surface area contributed by atoms with Gasteiger partial charge in [0.1, 0.15) is 5.82 Å². The Balaban J connectivity index is 1.52. The van der Waals surface area contributed by atoms with Crippen molar-refractivity contribution in [1.29, 1.82) is 0 Å². The van der Waals surface area contributed by atoms with Crippen LogP contribution in [0.25, 0.3) is 10.8 Å². The van der Waals surface area contributed by atoms with E-state index in [0.29, 0.717) is 13.0 Å². The molecule has 3 atom stereocenters. The van der Waals surface area contributed by atoms with Crippen molar-refractivity contribution in [2.45, 2.75) is 37.6 Å². The average molecular weight is 408 g/mol. The van der Waals surface area contributed by atoms with E-state index in [1.54, 1.807) is 12.1 Å². The molecule has 0 spiro atoms. The van der Waals surface area contributed by atoms with Crippen LogP contribution < -0.4 is 0 Å². The van der Waals surface area contributed by atoms with E-state index in [2.05, 4.69) is 35.2 Å². The molecule has 0 aliphatic heterocycles. The van der Waals surface area contributed by atoms with Crippen molar-refractivity contribution < 1.29 is 14.2 Å². The molecule has 158 valence electrons. The second-order valence-electron chi connectivity index (χ2n) is 8.78. The molecule has 0 amide bonds. The molecular formula is C26H30FNO2. The monoisotopic (exact) mass is 407 g/mol. The van der Waals surface area contributed by atoms with E-state index >= 15 is 0 Å². The van der Waals surface area contributed by atoms with Crippen molar-refractivity contribution in [1.82, 2.24) is 4.90 Å². The SMILES string of the molecule is CN(C)CC1CC(OCc2ccc(F)cc2)CCC1(O)c1ccc2ccccc2c1. The molecule has 1 fully saturated rings. The Hall–Kier alpha value is -2.27. The van der Waals surface area contributed by atoms with Gasteiger partial charge in [-0.05, 0) is 73.5 Å². The Labute approximate surface area is 178 Å². The first kappa shape index (κ1) is 21.0. The maximum Gasteiger partial charge on any atom is 0.123 e. The van der Waals surface area contributed by atoms with Crippen molar-refractivity contribution in [3.05, 3.63) is 83.7 Å². The summed E-state index contributed by atoms with van der Waals surface area (Å²) in [7, 11) is 4.09. The first-order chi connectivity index (χ1) is 14.4. The Kier molecular flexibility index (Phi) is 6.19. The number of halogens is 1. The topological polar surface area (TPSA) is 32.7 Å². The Morgan fingerprint density at radius 2 is 1.77 bits per heavy atom. The molecule has 1 aliphatic rings. The van der Waals surface area contributed by atoms with Crippen LogP contribution >= 0.6 is 0 Å². The molecular weight excluding hydrogens is 377 g/mol. The summed E-state index contributed by atoms with van der Waals surface area (Å²) in [5.41, 5.74) is 1.09. The van der Waals surface area contributed by atoms with E-state index in [1.807, 2.05) is 26.2 Å². The van der Waals surface area contributed by atoms with Crippen LogP contribution in [0, 0.1) is 11.7 Å². The first-order valence-electron chi connectivity index (χ1n) is 10.7. The van der Waals surface area contributed by atoms with Crippen molar-refractivity contribution in [3.8, 4) is 0 Å². The predicted octanol–water partition coefficient (Wildman–Crippen LogP) is 5.11. The first-order valence-corrected chi connectivity index (χ1v) is 10.7. The van der Waals surface area contributed by atoms with Crippen molar-refractivity contribution >= 4 is 10.8 Å². The second kappa shape index (κ2) is 8.84. The summed E-state index contributed by atoms with van der Waals surface area (Å²) >= 11 is 0. The van der Waals surface area contributed by atoms with Gasteiger partial charge in [0, 0.05) is 12.5 Å². The number of fused-ring (bicyclic) bond motifs is 1. The molecule has 3 unspecified atom stereocenters. The summed E-state index contributed by atoms with van der Waals surface area (Å²) in [4.78, 5) is 2.14. The van der Waals surface area contributed by atoms with Crippen LogP contribution in [0.3, 0.4) is 0 Å². The van der Waals surface area contributed by atoms with Crippen LogP contribution in [0.5, 0.6) is 0 Å². The van der Waals surface area contributed by atoms with Crippen molar-refractivity contribution in [2.75, 3.05) is 20.6 Å². The highest BCUT2D eigenvalue weighted by molar-refractivity contribution is 5.83. The van der Waals surface area contributed by atoms with E-state index in [9.17, 15) is 9.50 Å². The van der Waals surface area contributed by atoms with Gasteiger partial charge in [-0.25, -0.2) is 4.39 Å². The summed E-state index contributed by atoms with van der Waals surface area (Å²) in [6.07, 6.45) is 2.34. The third-order valence-electron chi connectivity index (χ3n) is 6.30. The standard InChI is InChI=1S/C26H30FNO2/c1-28(2)17-23-16-25(30-18-19-7-11-24(27)12-8-19)13-14-26(23,29)22-10-9-20-5-3-4-6-21(20)15-22/h3-12,15,23,25,29H,13-14,16-18H2,1-2H3. The zero-order valence-electron chi connectivity index (χ0n) is 17.7. The lowest BCUT2D eigenvalue weighted by Crippen LogP contribution is -2.46. The predicted molar refractivity (Wildman–Crippen MR) is 119 cm³/mol. The molecule has 0 radical (unpaired) electrons. The van der Waals surface area contributed by atoms with Gasteiger partial charge in [0.2, 0.25) is 0 Å². The fourth-order valence-electron chi connectivity index (χ4n) is 4.67. The summed E-state index contributed by atoms with van der Waals surface area (Å²) in [5, 5.41) is 14.2. The summed E-state index contributed by atoms with van der Waals surface area (Å²) in [6, 6.07) is 21.0. The molecule has 0 heterocycles.